The van der Waals surface area contributed by atoms with Gasteiger partial charge in [-0.1, -0.05) is 20.3 Å². The fraction of sp³-hybridized carbons (Fsp3) is 0.810. The van der Waals surface area contributed by atoms with Gasteiger partial charge in [-0.3, -0.25) is 14.4 Å². The number of rotatable bonds is 18. The number of carboxylic acid groups (broad SMARTS) is 1. The normalized spacial score (nSPS) is 14.8. The van der Waals surface area contributed by atoms with Crippen LogP contribution in [0.3, 0.4) is 0 Å². The summed E-state index contributed by atoms with van der Waals surface area (Å²) in [7, 11) is 0. The van der Waals surface area contributed by atoms with Crippen LogP contribution in [-0.4, -0.2) is 77.8 Å². The van der Waals surface area contributed by atoms with Crippen LogP contribution in [0.15, 0.2) is 0 Å². The number of hydrogen-bond acceptors (Lipinski definition) is 8. The minimum absolute atomic E-state index is 0.0600. The van der Waals surface area contributed by atoms with Gasteiger partial charge in [0.05, 0.1) is 12.6 Å². The van der Waals surface area contributed by atoms with Gasteiger partial charge in [0, 0.05) is 0 Å². The second-order valence-corrected chi connectivity index (χ2v) is 8.51. The van der Waals surface area contributed by atoms with Crippen LogP contribution in [-0.2, 0) is 19.2 Å². The Morgan fingerprint density at radius 2 is 1.24 bits per heavy atom. The number of aliphatic carboxylic acids is 1. The van der Waals surface area contributed by atoms with E-state index in [1.807, 2.05) is 13.8 Å². The lowest BCUT2D eigenvalue weighted by atomic mass is 10.0. The van der Waals surface area contributed by atoms with E-state index >= 15 is 0 Å². The van der Waals surface area contributed by atoms with Crippen molar-refractivity contribution in [2.75, 3.05) is 19.7 Å². The molecule has 0 rings (SSSR count). The molecule has 3 amide bonds. The average Bonchev–Trinajstić information content (AvgIpc) is 2.75. The van der Waals surface area contributed by atoms with Gasteiger partial charge in [0.15, 0.2) is 0 Å². The molecule has 0 aliphatic carbocycles. The zero-order valence-electron chi connectivity index (χ0n) is 19.7. The van der Waals surface area contributed by atoms with Crippen LogP contribution in [0.5, 0.6) is 0 Å². The molecule has 192 valence electrons. The topological polar surface area (TPSA) is 223 Å². The summed E-state index contributed by atoms with van der Waals surface area (Å²) in [5.41, 5.74) is 16.9. The maximum atomic E-state index is 13.0. The Morgan fingerprint density at radius 3 is 1.73 bits per heavy atom. The van der Waals surface area contributed by atoms with E-state index < -0.39 is 54.5 Å². The van der Waals surface area contributed by atoms with Crippen molar-refractivity contribution >= 4 is 23.7 Å². The molecule has 0 aromatic carbocycles. The van der Waals surface area contributed by atoms with Crippen molar-refractivity contribution in [2.45, 2.75) is 83.0 Å². The van der Waals surface area contributed by atoms with E-state index in [1.165, 1.54) is 0 Å². The molecule has 12 nitrogen and oxygen atoms in total. The summed E-state index contributed by atoms with van der Waals surface area (Å²) in [6, 6.07) is -4.26. The SMILES string of the molecule is CC(C)CC(NC(=O)C(N)CCCCN)C(=O)NC(CCCCN)C(=O)NC(CO)C(=O)O. The molecule has 4 atom stereocenters. The van der Waals surface area contributed by atoms with Gasteiger partial charge in [0.1, 0.15) is 18.1 Å². The van der Waals surface area contributed by atoms with Crippen molar-refractivity contribution in [1.82, 2.24) is 16.0 Å². The molecule has 0 aliphatic heterocycles. The molecule has 0 saturated carbocycles. The molecule has 0 radical (unpaired) electrons. The third-order valence-corrected chi connectivity index (χ3v) is 5.02. The van der Waals surface area contributed by atoms with Gasteiger partial charge >= 0.3 is 5.97 Å². The summed E-state index contributed by atoms with van der Waals surface area (Å²) in [4.78, 5) is 49.2. The van der Waals surface area contributed by atoms with Crippen LogP contribution in [0.2, 0.25) is 0 Å². The van der Waals surface area contributed by atoms with E-state index in [-0.39, 0.29) is 12.3 Å². The lowest BCUT2D eigenvalue weighted by molar-refractivity contribution is -0.143. The first-order valence-electron chi connectivity index (χ1n) is 11.5. The van der Waals surface area contributed by atoms with Crippen LogP contribution in [0.1, 0.15) is 58.8 Å². The summed E-state index contributed by atoms with van der Waals surface area (Å²) in [5.74, 6) is -3.12. The van der Waals surface area contributed by atoms with E-state index in [9.17, 15) is 24.3 Å². The number of amides is 3. The molecule has 0 spiro atoms. The standard InChI is InChI=1S/C21H42N6O6/c1-13(2)11-16(26-18(29)14(24)7-3-5-9-22)20(31)25-15(8-4-6-10-23)19(30)27-17(12-28)21(32)33/h13-17,28H,3-12,22-24H2,1-2H3,(H,25,31)(H,26,29)(H,27,30)(H,32,33). The Bertz CT molecular complexity index is 618. The molecule has 0 fully saturated rings. The summed E-state index contributed by atoms with van der Waals surface area (Å²) in [6.07, 6.45) is 3.50. The first kappa shape index (κ1) is 30.7. The smallest absolute Gasteiger partial charge is 0.328 e. The Labute approximate surface area is 195 Å². The number of carbonyl (C=O) groups is 4. The maximum absolute atomic E-state index is 13.0. The molecule has 12 heteroatoms. The van der Waals surface area contributed by atoms with E-state index in [0.717, 1.165) is 6.42 Å². The second-order valence-electron chi connectivity index (χ2n) is 8.51. The molecule has 0 aromatic rings. The first-order chi connectivity index (χ1) is 15.6. The molecule has 0 aromatic heterocycles. The van der Waals surface area contributed by atoms with Crippen LogP contribution in [0, 0.1) is 5.92 Å². The Morgan fingerprint density at radius 1 is 0.758 bits per heavy atom. The van der Waals surface area contributed by atoms with Gasteiger partial charge in [-0.05, 0) is 57.5 Å². The van der Waals surface area contributed by atoms with Crippen molar-refractivity contribution in [3.05, 3.63) is 0 Å². The Hall–Kier alpha value is -2.28. The first-order valence-corrected chi connectivity index (χ1v) is 11.5. The number of nitrogens with two attached hydrogens (primary N) is 3. The van der Waals surface area contributed by atoms with Crippen LogP contribution < -0.4 is 33.2 Å². The second kappa shape index (κ2) is 17.2. The zero-order valence-corrected chi connectivity index (χ0v) is 19.7. The Balaban J connectivity index is 5.33. The maximum Gasteiger partial charge on any atom is 0.328 e. The number of nitrogens with one attached hydrogen (secondary N) is 3. The molecular weight excluding hydrogens is 432 g/mol. The quantitative estimate of drug-likeness (QED) is 0.104. The highest BCUT2D eigenvalue weighted by Gasteiger charge is 2.30. The van der Waals surface area contributed by atoms with Crippen LogP contribution in [0.4, 0.5) is 0 Å². The number of unbranched alkanes of at least 4 members (excludes halogenated alkanes) is 2. The number of aliphatic hydroxyl groups excluding tert-OH is 1. The molecule has 0 saturated heterocycles. The molecule has 4 unspecified atom stereocenters. The minimum atomic E-state index is -1.50. The largest absolute Gasteiger partial charge is 0.480 e. The summed E-state index contributed by atoms with van der Waals surface area (Å²) in [6.45, 7) is 3.87. The third kappa shape index (κ3) is 13.1. The highest BCUT2D eigenvalue weighted by Crippen LogP contribution is 2.09. The molecule has 0 aliphatic rings. The summed E-state index contributed by atoms with van der Waals surface area (Å²) >= 11 is 0. The fourth-order valence-corrected chi connectivity index (χ4v) is 3.11. The van der Waals surface area contributed by atoms with Gasteiger partial charge in [-0.25, -0.2) is 4.79 Å². The predicted octanol–water partition coefficient (Wildman–Crippen LogP) is -1.85. The highest BCUT2D eigenvalue weighted by molar-refractivity contribution is 5.94. The van der Waals surface area contributed by atoms with Crippen molar-refractivity contribution in [2.24, 2.45) is 23.1 Å². The van der Waals surface area contributed by atoms with Crippen LogP contribution in [0.25, 0.3) is 0 Å². The van der Waals surface area contributed by atoms with Crippen LogP contribution >= 0.6 is 0 Å². The predicted molar refractivity (Wildman–Crippen MR) is 124 cm³/mol. The molecule has 33 heavy (non-hydrogen) atoms. The molecule has 0 heterocycles. The fourth-order valence-electron chi connectivity index (χ4n) is 3.11. The minimum Gasteiger partial charge on any atom is -0.480 e. The van der Waals surface area contributed by atoms with Gasteiger partial charge in [-0.15, -0.1) is 0 Å². The van der Waals surface area contributed by atoms with E-state index in [0.29, 0.717) is 45.2 Å². The summed E-state index contributed by atoms with van der Waals surface area (Å²) < 4.78 is 0. The molecule has 11 N–H and O–H groups in total. The average molecular weight is 475 g/mol. The lowest BCUT2D eigenvalue weighted by Gasteiger charge is -2.26. The number of carbonyl (C=O) groups excluding carboxylic acids is 3. The van der Waals surface area contributed by atoms with Crippen molar-refractivity contribution in [1.29, 1.82) is 0 Å². The molecule has 0 bridgehead atoms. The lowest BCUT2D eigenvalue weighted by Crippen LogP contribution is -2.57. The van der Waals surface area contributed by atoms with Crippen molar-refractivity contribution in [3.8, 4) is 0 Å². The highest BCUT2D eigenvalue weighted by atomic mass is 16.4. The Kier molecular flexibility index (Phi) is 16.0. The van der Waals surface area contributed by atoms with Gasteiger partial charge in [0.25, 0.3) is 0 Å². The summed E-state index contributed by atoms with van der Waals surface area (Å²) in [5, 5.41) is 25.7. The van der Waals surface area contributed by atoms with Gasteiger partial charge in [-0.2, -0.15) is 0 Å². The number of aliphatic hydroxyl groups is 1. The van der Waals surface area contributed by atoms with Crippen molar-refractivity contribution in [3.63, 3.8) is 0 Å². The monoisotopic (exact) mass is 474 g/mol. The van der Waals surface area contributed by atoms with E-state index in [2.05, 4.69) is 16.0 Å². The van der Waals surface area contributed by atoms with Gasteiger partial charge < -0.3 is 43.4 Å². The zero-order chi connectivity index (χ0) is 25.4. The van der Waals surface area contributed by atoms with Crippen molar-refractivity contribution < 1.29 is 29.4 Å². The van der Waals surface area contributed by atoms with Gasteiger partial charge in [0.2, 0.25) is 17.7 Å². The molecular formula is C21H42N6O6. The number of carboxylic acids is 1. The van der Waals surface area contributed by atoms with E-state index in [1.54, 1.807) is 0 Å². The van der Waals surface area contributed by atoms with E-state index in [4.69, 9.17) is 22.3 Å². The number of hydrogen-bond donors (Lipinski definition) is 8. The third-order valence-electron chi connectivity index (χ3n) is 5.02.